The summed E-state index contributed by atoms with van der Waals surface area (Å²) in [5.74, 6) is 0. The van der Waals surface area contributed by atoms with Crippen molar-refractivity contribution in [2.75, 3.05) is 31.7 Å². The van der Waals surface area contributed by atoms with E-state index in [1.165, 1.54) is 12.4 Å². The minimum atomic E-state index is -0.468. The molecular weight excluding hydrogens is 330 g/mol. The first kappa shape index (κ1) is 15.1. The molecule has 0 radical (unpaired) electrons. The molecule has 8 heteroatoms. The lowest BCUT2D eigenvalue weighted by Crippen LogP contribution is -2.31. The maximum Gasteiger partial charge on any atom is 0.311 e. The number of nitrogens with one attached hydrogen (secondary N) is 1. The molecule has 1 aliphatic rings. The summed E-state index contributed by atoms with van der Waals surface area (Å²) < 4.78 is 5.95. The number of hydrogen-bond acceptors (Lipinski definition) is 6. The zero-order chi connectivity index (χ0) is 14.6. The SMILES string of the molecule is O=[N+]([O-])c1cncc(Br)c1NC[C@]1(CCO)CCOC1. The lowest BCUT2D eigenvalue weighted by molar-refractivity contribution is -0.384. The maximum atomic E-state index is 11.0. The average molecular weight is 346 g/mol. The van der Waals surface area contributed by atoms with Gasteiger partial charge in [-0.2, -0.15) is 0 Å². The molecule has 2 rings (SSSR count). The Morgan fingerprint density at radius 1 is 1.60 bits per heavy atom. The topological polar surface area (TPSA) is 97.5 Å². The molecule has 7 nitrogen and oxygen atoms in total. The third-order valence-electron chi connectivity index (χ3n) is 3.54. The van der Waals surface area contributed by atoms with Crippen LogP contribution in [-0.2, 0) is 4.74 Å². The highest BCUT2D eigenvalue weighted by Gasteiger charge is 2.35. The molecule has 0 bridgehead atoms. The van der Waals surface area contributed by atoms with Crippen LogP contribution in [0, 0.1) is 15.5 Å². The molecule has 2 heterocycles. The van der Waals surface area contributed by atoms with Crippen LogP contribution in [0.25, 0.3) is 0 Å². The predicted molar refractivity (Wildman–Crippen MR) is 76.7 cm³/mol. The molecule has 1 saturated heterocycles. The molecule has 1 atom stereocenters. The number of pyridine rings is 1. The number of rotatable bonds is 6. The molecule has 1 aliphatic heterocycles. The Kier molecular flexibility index (Phi) is 4.90. The standard InChI is InChI=1S/C12H16BrN3O4/c13-9-5-14-6-10(16(18)19)11(9)15-7-12(1-3-17)2-4-20-8-12/h5-6,17H,1-4,7-8H2,(H,14,15)/t12-/m0/s1. The third kappa shape index (κ3) is 3.25. The number of nitrogens with zero attached hydrogens (tertiary/aromatic N) is 2. The second-order valence-corrected chi connectivity index (χ2v) is 5.76. The van der Waals surface area contributed by atoms with Crippen molar-refractivity contribution in [1.82, 2.24) is 4.98 Å². The van der Waals surface area contributed by atoms with Gasteiger partial charge in [0.15, 0.2) is 0 Å². The third-order valence-corrected chi connectivity index (χ3v) is 4.14. The molecule has 20 heavy (non-hydrogen) atoms. The lowest BCUT2D eigenvalue weighted by atomic mass is 9.84. The van der Waals surface area contributed by atoms with Gasteiger partial charge in [0, 0.05) is 31.4 Å². The second-order valence-electron chi connectivity index (χ2n) is 4.90. The van der Waals surface area contributed by atoms with E-state index in [9.17, 15) is 15.2 Å². The van der Waals surface area contributed by atoms with Crippen molar-refractivity contribution in [3.63, 3.8) is 0 Å². The van der Waals surface area contributed by atoms with Gasteiger partial charge in [0.1, 0.15) is 11.9 Å². The summed E-state index contributed by atoms with van der Waals surface area (Å²) in [6, 6.07) is 0. The summed E-state index contributed by atoms with van der Waals surface area (Å²) >= 11 is 3.27. The first-order valence-electron chi connectivity index (χ1n) is 6.28. The molecule has 1 aromatic rings. The predicted octanol–water partition coefficient (Wildman–Crippen LogP) is 1.95. The van der Waals surface area contributed by atoms with E-state index in [1.54, 1.807) is 0 Å². The van der Waals surface area contributed by atoms with Crippen LogP contribution in [0.15, 0.2) is 16.9 Å². The van der Waals surface area contributed by atoms with E-state index in [4.69, 9.17) is 4.74 Å². The van der Waals surface area contributed by atoms with Crippen LogP contribution in [-0.4, -0.2) is 41.4 Å². The zero-order valence-corrected chi connectivity index (χ0v) is 12.4. The zero-order valence-electron chi connectivity index (χ0n) is 10.8. The molecule has 0 spiro atoms. The Bertz CT molecular complexity index is 492. The molecule has 0 amide bonds. The highest BCUT2D eigenvalue weighted by Crippen LogP contribution is 2.36. The summed E-state index contributed by atoms with van der Waals surface area (Å²) in [5, 5.41) is 23.3. The first-order chi connectivity index (χ1) is 9.58. The Morgan fingerprint density at radius 3 is 3.00 bits per heavy atom. The van der Waals surface area contributed by atoms with Crippen LogP contribution >= 0.6 is 15.9 Å². The van der Waals surface area contributed by atoms with Gasteiger partial charge in [-0.3, -0.25) is 15.1 Å². The van der Waals surface area contributed by atoms with Gasteiger partial charge in [0.05, 0.1) is 16.0 Å². The number of halogens is 1. The number of hydrogen-bond donors (Lipinski definition) is 2. The number of aliphatic hydroxyl groups is 1. The lowest BCUT2D eigenvalue weighted by Gasteiger charge is -2.27. The van der Waals surface area contributed by atoms with Gasteiger partial charge in [-0.05, 0) is 28.8 Å². The van der Waals surface area contributed by atoms with E-state index in [0.717, 1.165) is 6.42 Å². The summed E-state index contributed by atoms with van der Waals surface area (Å²) in [4.78, 5) is 14.4. The molecule has 0 saturated carbocycles. The normalized spacial score (nSPS) is 21.9. The maximum absolute atomic E-state index is 11.0. The Labute approximate surface area is 124 Å². The molecule has 1 fully saturated rings. The van der Waals surface area contributed by atoms with Crippen molar-refractivity contribution in [3.05, 3.63) is 27.0 Å². The van der Waals surface area contributed by atoms with E-state index in [2.05, 4.69) is 26.2 Å². The second kappa shape index (κ2) is 6.47. The van der Waals surface area contributed by atoms with Crippen molar-refractivity contribution >= 4 is 27.3 Å². The van der Waals surface area contributed by atoms with Crippen LogP contribution < -0.4 is 5.32 Å². The Morgan fingerprint density at radius 2 is 2.40 bits per heavy atom. The van der Waals surface area contributed by atoms with E-state index in [0.29, 0.717) is 36.3 Å². The quantitative estimate of drug-likeness (QED) is 0.604. The summed E-state index contributed by atoms with van der Waals surface area (Å²) in [6.07, 6.45) is 4.17. The Hall–Kier alpha value is -1.25. The fourth-order valence-electron chi connectivity index (χ4n) is 2.33. The number of aromatic nitrogens is 1. The van der Waals surface area contributed by atoms with Crippen molar-refractivity contribution in [2.45, 2.75) is 12.8 Å². The van der Waals surface area contributed by atoms with Crippen LogP contribution in [0.1, 0.15) is 12.8 Å². The summed E-state index contributed by atoms with van der Waals surface area (Å²) in [7, 11) is 0. The molecular formula is C12H16BrN3O4. The summed E-state index contributed by atoms with van der Waals surface area (Å²) in [5.41, 5.74) is 0.164. The van der Waals surface area contributed by atoms with Gasteiger partial charge < -0.3 is 15.2 Å². The van der Waals surface area contributed by atoms with Crippen molar-refractivity contribution in [2.24, 2.45) is 5.41 Å². The molecule has 110 valence electrons. The highest BCUT2D eigenvalue weighted by molar-refractivity contribution is 9.10. The summed E-state index contributed by atoms with van der Waals surface area (Å²) in [6.45, 7) is 1.79. The van der Waals surface area contributed by atoms with Gasteiger partial charge in [-0.25, -0.2) is 0 Å². The molecule has 0 unspecified atom stereocenters. The highest BCUT2D eigenvalue weighted by atomic mass is 79.9. The molecule has 0 aliphatic carbocycles. The van der Waals surface area contributed by atoms with Gasteiger partial charge >= 0.3 is 5.69 Å². The van der Waals surface area contributed by atoms with Crippen molar-refractivity contribution in [1.29, 1.82) is 0 Å². The van der Waals surface area contributed by atoms with Crippen LogP contribution in [0.3, 0.4) is 0 Å². The number of aliphatic hydroxyl groups excluding tert-OH is 1. The largest absolute Gasteiger partial charge is 0.396 e. The number of anilines is 1. The van der Waals surface area contributed by atoms with E-state index < -0.39 is 4.92 Å². The molecule has 0 aromatic carbocycles. The monoisotopic (exact) mass is 345 g/mol. The van der Waals surface area contributed by atoms with Crippen molar-refractivity contribution < 1.29 is 14.8 Å². The van der Waals surface area contributed by atoms with E-state index >= 15 is 0 Å². The van der Waals surface area contributed by atoms with E-state index in [-0.39, 0.29) is 17.7 Å². The number of nitro groups is 1. The van der Waals surface area contributed by atoms with Gasteiger partial charge in [0.2, 0.25) is 0 Å². The number of ether oxygens (including phenoxy) is 1. The first-order valence-corrected chi connectivity index (χ1v) is 7.08. The minimum Gasteiger partial charge on any atom is -0.396 e. The van der Waals surface area contributed by atoms with Crippen LogP contribution in [0.2, 0.25) is 0 Å². The minimum absolute atomic E-state index is 0.0718. The van der Waals surface area contributed by atoms with Gasteiger partial charge in [-0.1, -0.05) is 0 Å². The smallest absolute Gasteiger partial charge is 0.311 e. The van der Waals surface area contributed by atoms with Gasteiger partial charge in [-0.15, -0.1) is 0 Å². The fourth-order valence-corrected chi connectivity index (χ4v) is 2.79. The van der Waals surface area contributed by atoms with Crippen LogP contribution in [0.4, 0.5) is 11.4 Å². The Balaban J connectivity index is 2.15. The van der Waals surface area contributed by atoms with Crippen LogP contribution in [0.5, 0.6) is 0 Å². The fraction of sp³-hybridized carbons (Fsp3) is 0.583. The molecule has 2 N–H and O–H groups in total. The van der Waals surface area contributed by atoms with Gasteiger partial charge in [0.25, 0.3) is 0 Å². The van der Waals surface area contributed by atoms with Crippen molar-refractivity contribution in [3.8, 4) is 0 Å². The van der Waals surface area contributed by atoms with E-state index in [1.807, 2.05) is 0 Å². The molecule has 1 aromatic heterocycles. The average Bonchev–Trinajstić information content (AvgIpc) is 2.86.